The van der Waals surface area contributed by atoms with Crippen LogP contribution in [0.25, 0.3) is 0 Å². The number of amides is 1. The minimum absolute atomic E-state index is 0.0732. The Kier molecular flexibility index (Phi) is 7.79. The van der Waals surface area contributed by atoms with Gasteiger partial charge in [-0.05, 0) is 12.5 Å². The first-order valence-corrected chi connectivity index (χ1v) is 10.5. The number of aromatic nitrogens is 4. The van der Waals surface area contributed by atoms with Gasteiger partial charge in [-0.15, -0.1) is 10.2 Å². The molecule has 0 saturated carbocycles. The molecule has 0 saturated heterocycles. The smallest absolute Gasteiger partial charge is 0.328 e. The molecule has 0 atom stereocenters. The van der Waals surface area contributed by atoms with Crippen molar-refractivity contribution in [1.82, 2.24) is 25.1 Å². The van der Waals surface area contributed by atoms with E-state index < -0.39 is 11.2 Å². The molecule has 2 heterocycles. The number of rotatable bonds is 10. The van der Waals surface area contributed by atoms with Gasteiger partial charge in [0, 0.05) is 24.9 Å². The maximum absolute atomic E-state index is 13.0. The van der Waals surface area contributed by atoms with Crippen LogP contribution in [-0.4, -0.2) is 51.7 Å². The van der Waals surface area contributed by atoms with E-state index in [2.05, 4.69) is 20.5 Å². The van der Waals surface area contributed by atoms with E-state index in [1.54, 1.807) is 14.0 Å². The second-order valence-corrected chi connectivity index (χ2v) is 7.61. The predicted molar refractivity (Wildman–Crippen MR) is 114 cm³/mol. The fourth-order valence-electron chi connectivity index (χ4n) is 2.83. The molecule has 10 nitrogen and oxygen atoms in total. The summed E-state index contributed by atoms with van der Waals surface area (Å²) in [5.74, 6) is 0.162. The van der Waals surface area contributed by atoms with Crippen LogP contribution in [0.3, 0.4) is 0 Å². The number of hydrogen-bond donors (Lipinski definition) is 2. The Morgan fingerprint density at radius 3 is 2.77 bits per heavy atom. The summed E-state index contributed by atoms with van der Waals surface area (Å²) in [6.07, 6.45) is 0.0732. The van der Waals surface area contributed by atoms with Gasteiger partial charge in [0.2, 0.25) is 11.8 Å². The SMILES string of the molecule is COCCNC(=O)CSc1nnc(Cc2c(C)[nH]c(=O)n(Cc3ccccc3)c2=O)o1. The number of thioether (sulfide) groups is 1. The van der Waals surface area contributed by atoms with Crippen LogP contribution in [0.5, 0.6) is 0 Å². The number of nitrogens with zero attached hydrogens (tertiary/aromatic N) is 3. The van der Waals surface area contributed by atoms with Gasteiger partial charge in [0.25, 0.3) is 10.8 Å². The Morgan fingerprint density at radius 2 is 2.03 bits per heavy atom. The Balaban J connectivity index is 1.70. The molecule has 1 amide bonds. The van der Waals surface area contributed by atoms with Crippen molar-refractivity contribution in [1.29, 1.82) is 0 Å². The molecule has 0 aliphatic heterocycles. The molecule has 2 aromatic heterocycles. The number of benzene rings is 1. The van der Waals surface area contributed by atoms with Gasteiger partial charge in [0.1, 0.15) is 0 Å². The molecule has 164 valence electrons. The van der Waals surface area contributed by atoms with Gasteiger partial charge in [-0.1, -0.05) is 42.1 Å². The summed E-state index contributed by atoms with van der Waals surface area (Å²) in [4.78, 5) is 39.7. The zero-order chi connectivity index (χ0) is 22.2. The highest BCUT2D eigenvalue weighted by Gasteiger charge is 2.16. The summed E-state index contributed by atoms with van der Waals surface area (Å²) < 4.78 is 11.6. The molecule has 11 heteroatoms. The van der Waals surface area contributed by atoms with Gasteiger partial charge < -0.3 is 19.5 Å². The minimum atomic E-state index is -0.476. The first kappa shape index (κ1) is 22.5. The van der Waals surface area contributed by atoms with Gasteiger partial charge in [-0.25, -0.2) is 4.79 Å². The van der Waals surface area contributed by atoms with Crippen molar-refractivity contribution in [3.05, 3.63) is 73.9 Å². The van der Waals surface area contributed by atoms with Crippen molar-refractivity contribution >= 4 is 17.7 Å². The van der Waals surface area contributed by atoms with Crippen molar-refractivity contribution in [2.75, 3.05) is 26.0 Å². The van der Waals surface area contributed by atoms with E-state index >= 15 is 0 Å². The number of methoxy groups -OCH3 is 1. The molecule has 0 radical (unpaired) electrons. The molecule has 0 bridgehead atoms. The first-order chi connectivity index (χ1) is 15.0. The standard InChI is InChI=1S/C20H23N5O5S/c1-13-15(18(27)25(19(28)22-13)11-14-6-4-3-5-7-14)10-17-23-24-20(30-17)31-12-16(26)21-8-9-29-2/h3-7H,8-12H2,1-2H3,(H,21,26)(H,22,28). The molecule has 0 fully saturated rings. The topological polar surface area (TPSA) is 132 Å². The predicted octanol–water partition coefficient (Wildman–Crippen LogP) is 0.722. The third-order valence-electron chi connectivity index (χ3n) is 4.41. The van der Waals surface area contributed by atoms with E-state index in [1.807, 2.05) is 30.3 Å². The van der Waals surface area contributed by atoms with Gasteiger partial charge in [0.05, 0.1) is 25.3 Å². The van der Waals surface area contributed by atoms with Gasteiger partial charge in [-0.3, -0.25) is 14.2 Å². The lowest BCUT2D eigenvalue weighted by Gasteiger charge is -2.09. The summed E-state index contributed by atoms with van der Waals surface area (Å²) in [5.41, 5.74) is 0.772. The van der Waals surface area contributed by atoms with Crippen LogP contribution in [0.1, 0.15) is 22.7 Å². The molecule has 0 aliphatic carbocycles. The lowest BCUT2D eigenvalue weighted by Crippen LogP contribution is -2.38. The average molecular weight is 446 g/mol. The molecular weight excluding hydrogens is 422 g/mol. The number of carbonyl (C=O) groups is 1. The van der Waals surface area contributed by atoms with Crippen molar-refractivity contribution in [3.63, 3.8) is 0 Å². The number of H-pyrrole nitrogens is 1. The van der Waals surface area contributed by atoms with Crippen LogP contribution >= 0.6 is 11.8 Å². The summed E-state index contributed by atoms with van der Waals surface area (Å²) in [6.45, 7) is 2.67. The van der Waals surface area contributed by atoms with E-state index in [-0.39, 0.29) is 35.7 Å². The van der Waals surface area contributed by atoms with Crippen molar-refractivity contribution in [2.24, 2.45) is 0 Å². The highest BCUT2D eigenvalue weighted by Crippen LogP contribution is 2.17. The summed E-state index contributed by atoms with van der Waals surface area (Å²) in [7, 11) is 1.56. The van der Waals surface area contributed by atoms with Gasteiger partial charge in [0.15, 0.2) is 0 Å². The monoisotopic (exact) mass is 445 g/mol. The molecular formula is C20H23N5O5S. The number of hydrogen-bond acceptors (Lipinski definition) is 8. The average Bonchev–Trinajstić information content (AvgIpc) is 3.21. The maximum atomic E-state index is 13.0. The van der Waals surface area contributed by atoms with Crippen LogP contribution in [0.15, 0.2) is 49.6 Å². The van der Waals surface area contributed by atoms with Crippen LogP contribution < -0.4 is 16.6 Å². The van der Waals surface area contributed by atoms with Crippen LogP contribution in [0, 0.1) is 6.92 Å². The molecule has 3 aromatic rings. The Morgan fingerprint density at radius 1 is 1.26 bits per heavy atom. The fraction of sp³-hybridized carbons (Fsp3) is 0.350. The molecule has 1 aromatic carbocycles. The molecule has 0 spiro atoms. The number of aryl methyl sites for hydroxylation is 1. The molecule has 0 unspecified atom stereocenters. The third-order valence-corrected chi connectivity index (χ3v) is 5.23. The summed E-state index contributed by atoms with van der Waals surface area (Å²) in [6, 6.07) is 9.25. The van der Waals surface area contributed by atoms with Crippen LogP contribution in [-0.2, 0) is 22.5 Å². The van der Waals surface area contributed by atoms with E-state index in [0.29, 0.717) is 24.4 Å². The van der Waals surface area contributed by atoms with E-state index in [0.717, 1.165) is 21.9 Å². The number of carbonyl (C=O) groups excluding carboxylic acids is 1. The largest absolute Gasteiger partial charge is 0.416 e. The highest BCUT2D eigenvalue weighted by molar-refractivity contribution is 7.99. The van der Waals surface area contributed by atoms with Crippen LogP contribution in [0.4, 0.5) is 0 Å². The minimum Gasteiger partial charge on any atom is -0.416 e. The van der Waals surface area contributed by atoms with Gasteiger partial charge >= 0.3 is 5.69 Å². The second-order valence-electron chi connectivity index (χ2n) is 6.68. The zero-order valence-electron chi connectivity index (χ0n) is 17.2. The quantitative estimate of drug-likeness (QED) is 0.345. The lowest BCUT2D eigenvalue weighted by atomic mass is 10.1. The van der Waals surface area contributed by atoms with E-state index in [1.165, 1.54) is 0 Å². The zero-order valence-corrected chi connectivity index (χ0v) is 18.0. The molecule has 0 aliphatic rings. The van der Waals surface area contributed by atoms with E-state index in [9.17, 15) is 14.4 Å². The lowest BCUT2D eigenvalue weighted by molar-refractivity contribution is -0.118. The Labute approximate surface area is 182 Å². The highest BCUT2D eigenvalue weighted by atomic mass is 32.2. The first-order valence-electron chi connectivity index (χ1n) is 9.55. The maximum Gasteiger partial charge on any atom is 0.328 e. The number of nitrogens with one attached hydrogen (secondary N) is 2. The van der Waals surface area contributed by atoms with Crippen molar-refractivity contribution < 1.29 is 13.9 Å². The molecule has 3 rings (SSSR count). The normalized spacial score (nSPS) is 10.9. The third kappa shape index (κ3) is 6.15. The number of aromatic amines is 1. The fourth-order valence-corrected chi connectivity index (χ4v) is 3.44. The van der Waals surface area contributed by atoms with Crippen molar-refractivity contribution in [3.8, 4) is 0 Å². The van der Waals surface area contributed by atoms with Crippen molar-refractivity contribution in [2.45, 2.75) is 25.1 Å². The van der Waals surface area contributed by atoms with Crippen LogP contribution in [0.2, 0.25) is 0 Å². The van der Waals surface area contributed by atoms with E-state index in [4.69, 9.17) is 9.15 Å². The molecule has 31 heavy (non-hydrogen) atoms. The Bertz CT molecular complexity index is 1140. The summed E-state index contributed by atoms with van der Waals surface area (Å²) in [5, 5.41) is 10.8. The summed E-state index contributed by atoms with van der Waals surface area (Å²) >= 11 is 1.10. The number of ether oxygens (including phenoxy) is 1. The Hall–Kier alpha value is -3.18. The van der Waals surface area contributed by atoms with Gasteiger partial charge in [-0.2, -0.15) is 0 Å². The second kappa shape index (κ2) is 10.7. The molecule has 2 N–H and O–H groups in total.